The maximum Gasteiger partial charge on any atom is 0.241 e. The first-order valence-electron chi connectivity index (χ1n) is 4.01. The zero-order valence-corrected chi connectivity index (χ0v) is 8.10. The molecule has 2 rings (SSSR count). The van der Waals surface area contributed by atoms with Crippen LogP contribution >= 0.6 is 12.4 Å². The fourth-order valence-electron chi connectivity index (χ4n) is 1.40. The molecular formula is C9H10ClFN2O. The molecule has 1 heterocycles. The van der Waals surface area contributed by atoms with Gasteiger partial charge in [-0.1, -0.05) is 6.07 Å². The first-order valence-corrected chi connectivity index (χ1v) is 4.01. The summed E-state index contributed by atoms with van der Waals surface area (Å²) in [5.74, 6) is -0.604. The smallest absolute Gasteiger partial charge is 0.241 e. The van der Waals surface area contributed by atoms with E-state index in [-0.39, 0.29) is 24.1 Å². The van der Waals surface area contributed by atoms with Crippen LogP contribution in [0.3, 0.4) is 0 Å². The molecule has 14 heavy (non-hydrogen) atoms. The van der Waals surface area contributed by atoms with Crippen LogP contribution in [-0.4, -0.2) is 11.9 Å². The van der Waals surface area contributed by atoms with Crippen molar-refractivity contribution in [3.8, 4) is 0 Å². The third kappa shape index (κ3) is 1.86. The zero-order chi connectivity index (χ0) is 9.42. The molecule has 1 unspecified atom stereocenters. The Balaban J connectivity index is 0.000000980. The van der Waals surface area contributed by atoms with Crippen LogP contribution in [0.4, 0.5) is 10.1 Å². The van der Waals surface area contributed by atoms with Crippen LogP contribution < -0.4 is 11.1 Å². The predicted octanol–water partition coefficient (Wildman–Crippen LogP) is 1.07. The third-order valence-corrected chi connectivity index (χ3v) is 2.11. The van der Waals surface area contributed by atoms with E-state index in [0.717, 1.165) is 5.56 Å². The van der Waals surface area contributed by atoms with Crippen molar-refractivity contribution in [2.24, 2.45) is 5.73 Å². The summed E-state index contributed by atoms with van der Waals surface area (Å²) in [5.41, 5.74) is 6.94. The van der Waals surface area contributed by atoms with E-state index in [4.69, 9.17) is 5.73 Å². The van der Waals surface area contributed by atoms with E-state index >= 15 is 0 Å². The molecule has 0 aromatic heterocycles. The molecule has 1 aromatic rings. The van der Waals surface area contributed by atoms with Crippen LogP contribution in [0.15, 0.2) is 18.2 Å². The molecular weight excluding hydrogens is 207 g/mol. The van der Waals surface area contributed by atoms with Gasteiger partial charge in [-0.15, -0.1) is 12.4 Å². The number of anilines is 1. The van der Waals surface area contributed by atoms with Gasteiger partial charge in [0.2, 0.25) is 5.91 Å². The molecule has 0 fully saturated rings. The molecule has 1 aromatic carbocycles. The van der Waals surface area contributed by atoms with Crippen LogP contribution in [0.25, 0.3) is 0 Å². The van der Waals surface area contributed by atoms with E-state index in [1.54, 1.807) is 6.07 Å². The number of nitrogens with one attached hydrogen (secondary N) is 1. The van der Waals surface area contributed by atoms with Gasteiger partial charge in [0.25, 0.3) is 0 Å². The largest absolute Gasteiger partial charge is 0.324 e. The molecule has 76 valence electrons. The number of nitrogens with two attached hydrogens (primary N) is 1. The second kappa shape index (κ2) is 3.94. The van der Waals surface area contributed by atoms with E-state index in [9.17, 15) is 9.18 Å². The molecule has 1 aliphatic rings. The molecule has 3 nitrogen and oxygen atoms in total. The predicted molar refractivity (Wildman–Crippen MR) is 54.0 cm³/mol. The van der Waals surface area contributed by atoms with Gasteiger partial charge < -0.3 is 11.1 Å². The molecule has 0 bridgehead atoms. The Kier molecular flexibility index (Phi) is 3.08. The highest BCUT2D eigenvalue weighted by Gasteiger charge is 2.22. The molecule has 0 saturated carbocycles. The highest BCUT2D eigenvalue weighted by atomic mass is 35.5. The first kappa shape index (κ1) is 10.9. The van der Waals surface area contributed by atoms with Crippen molar-refractivity contribution < 1.29 is 9.18 Å². The van der Waals surface area contributed by atoms with Crippen molar-refractivity contribution >= 4 is 24.0 Å². The van der Waals surface area contributed by atoms with E-state index < -0.39 is 6.04 Å². The summed E-state index contributed by atoms with van der Waals surface area (Å²) in [5, 5.41) is 2.55. The number of benzene rings is 1. The minimum Gasteiger partial charge on any atom is -0.324 e. The monoisotopic (exact) mass is 216 g/mol. The van der Waals surface area contributed by atoms with E-state index in [0.29, 0.717) is 12.1 Å². The first-order chi connectivity index (χ1) is 6.16. The summed E-state index contributed by atoms with van der Waals surface area (Å²) >= 11 is 0. The van der Waals surface area contributed by atoms with E-state index in [2.05, 4.69) is 5.32 Å². The number of amides is 1. The Hall–Kier alpha value is -1.13. The standard InChI is InChI=1S/C9H9FN2O.ClH/c10-6-2-1-5-3-7(11)9(13)12-8(5)4-6;/h1-2,4,7H,3,11H2,(H,12,13);1H. The highest BCUT2D eigenvalue weighted by molar-refractivity contribution is 5.97. The van der Waals surface area contributed by atoms with Gasteiger partial charge in [0, 0.05) is 5.69 Å². The summed E-state index contributed by atoms with van der Waals surface area (Å²) < 4.78 is 12.7. The van der Waals surface area contributed by atoms with Gasteiger partial charge in [0.05, 0.1) is 6.04 Å². The summed E-state index contributed by atoms with van der Waals surface area (Å²) in [6.07, 6.45) is 0.474. The maximum absolute atomic E-state index is 12.7. The second-order valence-corrected chi connectivity index (χ2v) is 3.10. The highest BCUT2D eigenvalue weighted by Crippen LogP contribution is 2.22. The molecule has 1 atom stereocenters. The van der Waals surface area contributed by atoms with E-state index in [1.807, 2.05) is 0 Å². The average Bonchev–Trinajstić information content (AvgIpc) is 2.08. The van der Waals surface area contributed by atoms with Gasteiger partial charge in [-0.25, -0.2) is 4.39 Å². The Morgan fingerprint density at radius 2 is 2.21 bits per heavy atom. The fourth-order valence-corrected chi connectivity index (χ4v) is 1.40. The lowest BCUT2D eigenvalue weighted by Gasteiger charge is -2.21. The molecule has 1 aliphatic heterocycles. The van der Waals surface area contributed by atoms with Crippen molar-refractivity contribution in [2.75, 3.05) is 5.32 Å². The number of halogens is 2. The van der Waals surface area contributed by atoms with Crippen LogP contribution in [0.2, 0.25) is 0 Å². The molecule has 5 heteroatoms. The number of rotatable bonds is 0. The van der Waals surface area contributed by atoms with Crippen molar-refractivity contribution in [2.45, 2.75) is 12.5 Å². The summed E-state index contributed by atoms with van der Waals surface area (Å²) in [4.78, 5) is 11.1. The molecule has 1 amide bonds. The second-order valence-electron chi connectivity index (χ2n) is 3.10. The number of fused-ring (bicyclic) bond motifs is 1. The van der Waals surface area contributed by atoms with Crippen LogP contribution in [0, 0.1) is 5.82 Å². The lowest BCUT2D eigenvalue weighted by Crippen LogP contribution is -2.41. The van der Waals surface area contributed by atoms with Crippen molar-refractivity contribution in [1.29, 1.82) is 0 Å². The zero-order valence-electron chi connectivity index (χ0n) is 7.29. The third-order valence-electron chi connectivity index (χ3n) is 2.11. The summed E-state index contributed by atoms with van der Waals surface area (Å²) in [6.45, 7) is 0. The minimum absolute atomic E-state index is 0. The Morgan fingerprint density at radius 1 is 1.50 bits per heavy atom. The molecule has 0 radical (unpaired) electrons. The van der Waals surface area contributed by atoms with Gasteiger partial charge in [-0.05, 0) is 24.1 Å². The van der Waals surface area contributed by atoms with Gasteiger partial charge in [0.1, 0.15) is 5.82 Å². The van der Waals surface area contributed by atoms with Gasteiger partial charge in [-0.2, -0.15) is 0 Å². The van der Waals surface area contributed by atoms with Crippen LogP contribution in [-0.2, 0) is 11.2 Å². The normalized spacial score (nSPS) is 19.3. The molecule has 0 spiro atoms. The van der Waals surface area contributed by atoms with Crippen LogP contribution in [0.1, 0.15) is 5.56 Å². The number of carbonyl (C=O) groups excluding carboxylic acids is 1. The average molecular weight is 217 g/mol. The van der Waals surface area contributed by atoms with Crippen molar-refractivity contribution in [3.05, 3.63) is 29.6 Å². The molecule has 0 saturated heterocycles. The Morgan fingerprint density at radius 3 is 2.93 bits per heavy atom. The quantitative estimate of drug-likeness (QED) is 0.682. The summed E-state index contributed by atoms with van der Waals surface area (Å²) in [6, 6.07) is 3.80. The summed E-state index contributed by atoms with van der Waals surface area (Å²) in [7, 11) is 0. The number of hydrogen-bond acceptors (Lipinski definition) is 2. The van der Waals surface area contributed by atoms with Gasteiger partial charge >= 0.3 is 0 Å². The van der Waals surface area contributed by atoms with Crippen LogP contribution in [0.5, 0.6) is 0 Å². The molecule has 3 N–H and O–H groups in total. The Bertz CT molecular complexity index is 370. The lowest BCUT2D eigenvalue weighted by molar-refractivity contribution is -0.117. The number of carbonyl (C=O) groups is 1. The SMILES string of the molecule is Cl.NC1Cc2ccc(F)cc2NC1=O. The topological polar surface area (TPSA) is 55.1 Å². The van der Waals surface area contributed by atoms with Gasteiger partial charge in [0.15, 0.2) is 0 Å². The Labute approximate surface area is 86.9 Å². The van der Waals surface area contributed by atoms with E-state index in [1.165, 1.54) is 12.1 Å². The number of hydrogen-bond donors (Lipinski definition) is 2. The maximum atomic E-state index is 12.7. The van der Waals surface area contributed by atoms with Crippen molar-refractivity contribution in [1.82, 2.24) is 0 Å². The lowest BCUT2D eigenvalue weighted by atomic mass is 10.00. The molecule has 0 aliphatic carbocycles. The van der Waals surface area contributed by atoms with Gasteiger partial charge in [-0.3, -0.25) is 4.79 Å². The fraction of sp³-hybridized carbons (Fsp3) is 0.222. The van der Waals surface area contributed by atoms with Crippen molar-refractivity contribution in [3.63, 3.8) is 0 Å². The minimum atomic E-state index is -0.516.